The molecule has 0 fully saturated rings. The summed E-state index contributed by atoms with van der Waals surface area (Å²) in [6.07, 6.45) is 4.66. The number of nitrogens with zero attached hydrogens (tertiary/aromatic N) is 1. The summed E-state index contributed by atoms with van der Waals surface area (Å²) < 4.78 is 0. The minimum absolute atomic E-state index is 0.0208. The Labute approximate surface area is 136 Å². The van der Waals surface area contributed by atoms with E-state index in [1.54, 1.807) is 24.3 Å². The number of nitrogens with one attached hydrogen (secondary N) is 3. The van der Waals surface area contributed by atoms with Gasteiger partial charge in [0.1, 0.15) is 11.6 Å². The van der Waals surface area contributed by atoms with Gasteiger partial charge in [-0.3, -0.25) is 9.59 Å². The van der Waals surface area contributed by atoms with Crippen LogP contribution in [-0.2, 0) is 9.59 Å². The van der Waals surface area contributed by atoms with E-state index < -0.39 is 5.91 Å². The first-order chi connectivity index (χ1) is 11.1. The lowest BCUT2D eigenvalue weighted by molar-refractivity contribution is -0.114. The number of rotatable bonds is 8. The summed E-state index contributed by atoms with van der Waals surface area (Å²) in [4.78, 5) is 23.0. The fourth-order valence-electron chi connectivity index (χ4n) is 1.84. The van der Waals surface area contributed by atoms with Crippen molar-refractivity contribution in [3.05, 3.63) is 36.0 Å². The molecular weight excluding hydrogens is 292 g/mol. The molecule has 6 nitrogen and oxygen atoms in total. The molecule has 122 valence electrons. The zero-order valence-electron chi connectivity index (χ0n) is 13.5. The van der Waals surface area contributed by atoms with Crippen LogP contribution >= 0.6 is 0 Å². The Morgan fingerprint density at radius 3 is 2.26 bits per heavy atom. The highest BCUT2D eigenvalue weighted by atomic mass is 16.2. The Morgan fingerprint density at radius 1 is 1.13 bits per heavy atom. The number of carbonyl (C=O) groups excluding carboxylic acids is 2. The minimum atomic E-state index is -0.470. The number of anilines is 2. The molecule has 0 radical (unpaired) electrons. The Kier molecular flexibility index (Phi) is 7.94. The summed E-state index contributed by atoms with van der Waals surface area (Å²) >= 11 is 0. The molecule has 0 atom stereocenters. The molecule has 23 heavy (non-hydrogen) atoms. The molecule has 2 amide bonds. The van der Waals surface area contributed by atoms with Crippen LogP contribution in [0.4, 0.5) is 11.4 Å². The molecule has 1 aromatic carbocycles. The molecule has 0 aliphatic rings. The third-order valence-electron chi connectivity index (χ3n) is 3.00. The van der Waals surface area contributed by atoms with E-state index in [-0.39, 0.29) is 11.5 Å². The van der Waals surface area contributed by atoms with Crippen LogP contribution in [-0.4, -0.2) is 18.4 Å². The van der Waals surface area contributed by atoms with Crippen molar-refractivity contribution < 1.29 is 9.59 Å². The highest BCUT2D eigenvalue weighted by Gasteiger charge is 2.09. The van der Waals surface area contributed by atoms with Crippen molar-refractivity contribution in [1.29, 1.82) is 5.26 Å². The van der Waals surface area contributed by atoms with Crippen LogP contribution in [0, 0.1) is 11.3 Å². The monoisotopic (exact) mass is 314 g/mol. The third kappa shape index (κ3) is 7.14. The van der Waals surface area contributed by atoms with Crippen LogP contribution in [0.3, 0.4) is 0 Å². The van der Waals surface area contributed by atoms with E-state index >= 15 is 0 Å². The van der Waals surface area contributed by atoms with Crippen molar-refractivity contribution in [3.8, 4) is 6.07 Å². The molecule has 0 aliphatic heterocycles. The second kappa shape index (κ2) is 10.0. The van der Waals surface area contributed by atoms with Gasteiger partial charge in [-0.2, -0.15) is 5.26 Å². The molecular formula is C17H22N4O2. The summed E-state index contributed by atoms with van der Waals surface area (Å²) in [6.45, 7) is 4.27. The van der Waals surface area contributed by atoms with Gasteiger partial charge in [0.15, 0.2) is 0 Å². The molecule has 0 heterocycles. The van der Waals surface area contributed by atoms with Gasteiger partial charge in [-0.1, -0.05) is 19.8 Å². The van der Waals surface area contributed by atoms with Crippen molar-refractivity contribution in [1.82, 2.24) is 5.32 Å². The number of carbonyl (C=O) groups is 2. The standard InChI is InChI=1S/C17H22N4O2/c1-3-4-5-10-19-12-14(11-18)17(23)21-16-8-6-15(7-9-16)20-13(2)22/h6-9,12,19H,3-5,10H2,1-2H3,(H,20,22)(H,21,23)/b14-12-. The van der Waals surface area contributed by atoms with E-state index in [0.717, 1.165) is 25.8 Å². The van der Waals surface area contributed by atoms with Crippen LogP contribution in [0.2, 0.25) is 0 Å². The third-order valence-corrected chi connectivity index (χ3v) is 3.00. The second-order valence-corrected chi connectivity index (χ2v) is 5.04. The molecule has 3 N–H and O–H groups in total. The Morgan fingerprint density at radius 2 is 1.74 bits per heavy atom. The first-order valence-electron chi connectivity index (χ1n) is 7.59. The first kappa shape index (κ1) is 18.2. The Hall–Kier alpha value is -2.81. The van der Waals surface area contributed by atoms with E-state index in [1.807, 2.05) is 6.07 Å². The van der Waals surface area contributed by atoms with Crippen molar-refractivity contribution in [2.24, 2.45) is 0 Å². The van der Waals surface area contributed by atoms with Crippen LogP contribution in [0.5, 0.6) is 0 Å². The van der Waals surface area contributed by atoms with Gasteiger partial charge in [-0.05, 0) is 30.7 Å². The summed E-state index contributed by atoms with van der Waals surface area (Å²) in [7, 11) is 0. The average Bonchev–Trinajstić information content (AvgIpc) is 2.52. The molecule has 0 aromatic heterocycles. The molecule has 1 aromatic rings. The normalized spacial score (nSPS) is 10.6. The molecule has 0 bridgehead atoms. The van der Waals surface area contributed by atoms with Crippen LogP contribution in [0.1, 0.15) is 33.1 Å². The van der Waals surface area contributed by atoms with E-state index in [2.05, 4.69) is 22.9 Å². The molecule has 0 unspecified atom stereocenters. The number of benzene rings is 1. The topological polar surface area (TPSA) is 94.0 Å². The molecule has 0 saturated carbocycles. The number of unbranched alkanes of at least 4 members (excludes halogenated alkanes) is 2. The predicted molar refractivity (Wildman–Crippen MR) is 90.6 cm³/mol. The lowest BCUT2D eigenvalue weighted by Crippen LogP contribution is -2.17. The van der Waals surface area contributed by atoms with Gasteiger partial charge in [-0.25, -0.2) is 0 Å². The zero-order chi connectivity index (χ0) is 17.1. The molecule has 0 saturated heterocycles. The van der Waals surface area contributed by atoms with Gasteiger partial charge in [-0.15, -0.1) is 0 Å². The van der Waals surface area contributed by atoms with Gasteiger partial charge in [0.25, 0.3) is 5.91 Å². The van der Waals surface area contributed by atoms with Gasteiger partial charge in [0, 0.05) is 31.0 Å². The average molecular weight is 314 g/mol. The zero-order valence-corrected chi connectivity index (χ0v) is 13.5. The molecule has 0 aliphatic carbocycles. The number of hydrogen-bond donors (Lipinski definition) is 3. The lowest BCUT2D eigenvalue weighted by Gasteiger charge is -2.07. The summed E-state index contributed by atoms with van der Waals surface area (Å²) in [5, 5.41) is 17.3. The summed E-state index contributed by atoms with van der Waals surface area (Å²) in [5.41, 5.74) is 1.22. The van der Waals surface area contributed by atoms with E-state index in [9.17, 15) is 9.59 Å². The Bertz CT molecular complexity index is 600. The van der Waals surface area contributed by atoms with Crippen molar-refractivity contribution in [2.75, 3.05) is 17.2 Å². The van der Waals surface area contributed by atoms with Crippen molar-refractivity contribution in [2.45, 2.75) is 33.1 Å². The SMILES string of the molecule is CCCCCN/C=C(/C#N)C(=O)Nc1ccc(NC(C)=O)cc1. The van der Waals surface area contributed by atoms with Gasteiger partial charge in [0.05, 0.1) is 0 Å². The summed E-state index contributed by atoms with van der Waals surface area (Å²) in [6, 6.07) is 8.55. The molecule has 6 heteroatoms. The van der Waals surface area contributed by atoms with Crippen molar-refractivity contribution >= 4 is 23.2 Å². The Balaban J connectivity index is 2.57. The fourth-order valence-corrected chi connectivity index (χ4v) is 1.84. The van der Waals surface area contributed by atoms with E-state index in [1.165, 1.54) is 13.1 Å². The minimum Gasteiger partial charge on any atom is -0.390 e. The maximum atomic E-state index is 12.0. The predicted octanol–water partition coefficient (Wildman–Crippen LogP) is 2.77. The van der Waals surface area contributed by atoms with Crippen molar-refractivity contribution in [3.63, 3.8) is 0 Å². The van der Waals surface area contributed by atoms with Gasteiger partial charge in [0.2, 0.25) is 5.91 Å². The van der Waals surface area contributed by atoms with E-state index in [4.69, 9.17) is 5.26 Å². The molecule has 0 spiro atoms. The van der Waals surface area contributed by atoms with Gasteiger partial charge >= 0.3 is 0 Å². The second-order valence-electron chi connectivity index (χ2n) is 5.04. The van der Waals surface area contributed by atoms with E-state index in [0.29, 0.717) is 11.4 Å². The maximum Gasteiger partial charge on any atom is 0.267 e. The van der Waals surface area contributed by atoms with Crippen LogP contribution < -0.4 is 16.0 Å². The fraction of sp³-hybridized carbons (Fsp3) is 0.353. The number of amides is 2. The largest absolute Gasteiger partial charge is 0.390 e. The van der Waals surface area contributed by atoms with Gasteiger partial charge < -0.3 is 16.0 Å². The highest BCUT2D eigenvalue weighted by Crippen LogP contribution is 2.14. The number of nitriles is 1. The quantitative estimate of drug-likeness (QED) is 0.391. The summed E-state index contributed by atoms with van der Waals surface area (Å²) in [5.74, 6) is -0.631. The maximum absolute atomic E-state index is 12.0. The van der Waals surface area contributed by atoms with Crippen LogP contribution in [0.25, 0.3) is 0 Å². The molecule has 1 rings (SSSR count). The lowest BCUT2D eigenvalue weighted by atomic mass is 10.2. The van der Waals surface area contributed by atoms with Crippen LogP contribution in [0.15, 0.2) is 36.0 Å². The highest BCUT2D eigenvalue weighted by molar-refractivity contribution is 6.06. The number of hydrogen-bond acceptors (Lipinski definition) is 4. The first-order valence-corrected chi connectivity index (χ1v) is 7.59. The smallest absolute Gasteiger partial charge is 0.267 e.